The van der Waals surface area contributed by atoms with Gasteiger partial charge in [0.1, 0.15) is 11.6 Å². The number of thiophene rings is 1. The van der Waals surface area contributed by atoms with Crippen molar-refractivity contribution in [1.29, 1.82) is 0 Å². The lowest BCUT2D eigenvalue weighted by molar-refractivity contribution is 0.0881. The Morgan fingerprint density at radius 1 is 1.03 bits per heavy atom. The lowest BCUT2D eigenvalue weighted by atomic mass is 9.89. The van der Waals surface area contributed by atoms with Gasteiger partial charge in [-0.05, 0) is 42.5 Å². The van der Waals surface area contributed by atoms with Crippen molar-refractivity contribution in [3.63, 3.8) is 0 Å². The first-order chi connectivity index (χ1) is 16.3. The van der Waals surface area contributed by atoms with Crippen LogP contribution in [-0.2, 0) is 0 Å². The van der Waals surface area contributed by atoms with E-state index in [2.05, 4.69) is 43.0 Å². The van der Waals surface area contributed by atoms with Crippen LogP contribution in [-0.4, -0.2) is 55.0 Å². The molecule has 6 rings (SSSR count). The van der Waals surface area contributed by atoms with Gasteiger partial charge in [0, 0.05) is 56.8 Å². The minimum atomic E-state index is 0.127. The number of Topliss-reactive ketones (excluding diaryl/α,β-unsaturated/α-hetero) is 1. The van der Waals surface area contributed by atoms with Gasteiger partial charge in [0.2, 0.25) is 0 Å². The van der Waals surface area contributed by atoms with E-state index in [0.29, 0.717) is 11.7 Å². The van der Waals surface area contributed by atoms with Crippen LogP contribution in [0.25, 0.3) is 10.1 Å². The van der Waals surface area contributed by atoms with Gasteiger partial charge < -0.3 is 20.9 Å². The van der Waals surface area contributed by atoms with Crippen molar-refractivity contribution in [2.75, 3.05) is 49.5 Å². The molecule has 0 aromatic carbocycles. The number of rotatable bonds is 6. The predicted octanol–water partition coefficient (Wildman–Crippen LogP) is 3.90. The first kappa shape index (κ1) is 21.0. The summed E-state index contributed by atoms with van der Waals surface area (Å²) in [5.41, 5.74) is 2.43. The number of carbonyl (C=O) groups is 1. The van der Waals surface area contributed by atoms with Crippen LogP contribution in [0.2, 0.25) is 0 Å². The molecule has 3 aromatic heterocycles. The largest absolute Gasteiger partial charge is 0.368 e. The molecule has 0 radical (unpaired) electrons. The van der Waals surface area contributed by atoms with Crippen molar-refractivity contribution in [2.45, 2.75) is 31.6 Å². The lowest BCUT2D eigenvalue weighted by Gasteiger charge is -2.29. The number of nitrogens with zero attached hydrogens (tertiary/aromatic N) is 3. The number of hydrogen-bond donors (Lipinski definition) is 3. The Labute approximate surface area is 198 Å². The molecule has 0 amide bonds. The summed E-state index contributed by atoms with van der Waals surface area (Å²) in [5, 5.41) is 11.2. The maximum Gasteiger partial charge on any atom is 0.178 e. The lowest BCUT2D eigenvalue weighted by Crippen LogP contribution is -2.46. The van der Waals surface area contributed by atoms with Gasteiger partial charge in [-0.25, -0.2) is 9.97 Å². The Kier molecular flexibility index (Phi) is 5.73. The van der Waals surface area contributed by atoms with Crippen LogP contribution in [0.1, 0.15) is 46.8 Å². The minimum absolute atomic E-state index is 0.127. The van der Waals surface area contributed by atoms with E-state index in [-0.39, 0.29) is 5.92 Å². The molecular formula is C25H30N6OS. The molecule has 2 aliphatic heterocycles. The summed E-state index contributed by atoms with van der Waals surface area (Å²) >= 11 is 1.64. The van der Waals surface area contributed by atoms with E-state index in [1.807, 2.05) is 18.5 Å². The fourth-order valence-corrected chi connectivity index (χ4v) is 6.51. The molecule has 2 saturated heterocycles. The van der Waals surface area contributed by atoms with E-state index in [1.54, 1.807) is 11.3 Å². The fourth-order valence-electron chi connectivity index (χ4n) is 5.25. The molecule has 0 unspecified atom stereocenters. The number of anilines is 3. The van der Waals surface area contributed by atoms with E-state index in [1.165, 1.54) is 36.6 Å². The number of pyridine rings is 2. The standard InChI is InChI=1S/C25H30N6OS/c32-24(17-12-27-13-17)25-23(16-3-1-2-4-16)19-11-22(29-15-20(19)33-25)30-21-6-5-18(14-28-21)31-9-7-26-8-10-31/h5-6,11,14-17,26-27H,1-4,7-10,12-13H2,(H,28,29,30). The van der Waals surface area contributed by atoms with Crippen molar-refractivity contribution < 1.29 is 4.79 Å². The van der Waals surface area contributed by atoms with Gasteiger partial charge in [0.05, 0.1) is 21.5 Å². The van der Waals surface area contributed by atoms with E-state index in [4.69, 9.17) is 0 Å². The Morgan fingerprint density at radius 3 is 2.52 bits per heavy atom. The monoisotopic (exact) mass is 462 g/mol. The second-order valence-electron chi connectivity index (χ2n) is 9.38. The summed E-state index contributed by atoms with van der Waals surface area (Å²) in [6.07, 6.45) is 8.71. The first-order valence-electron chi connectivity index (χ1n) is 12.1. The normalized spacial score (nSPS) is 19.7. The summed E-state index contributed by atoms with van der Waals surface area (Å²) in [6.45, 7) is 5.64. The van der Waals surface area contributed by atoms with Crippen molar-refractivity contribution in [1.82, 2.24) is 20.6 Å². The molecule has 3 N–H and O–H groups in total. The number of carbonyl (C=O) groups excluding carboxylic acids is 1. The summed E-state index contributed by atoms with van der Waals surface area (Å²) in [6, 6.07) is 6.27. The van der Waals surface area contributed by atoms with Gasteiger partial charge >= 0.3 is 0 Å². The van der Waals surface area contributed by atoms with Gasteiger partial charge in [0.15, 0.2) is 5.78 Å². The maximum atomic E-state index is 13.2. The molecule has 1 saturated carbocycles. The molecule has 0 bridgehead atoms. The van der Waals surface area contributed by atoms with E-state index < -0.39 is 0 Å². The average Bonchev–Trinajstić information content (AvgIpc) is 3.46. The second kappa shape index (κ2) is 9.00. The molecule has 0 atom stereocenters. The van der Waals surface area contributed by atoms with Gasteiger partial charge in [-0.15, -0.1) is 11.3 Å². The Hall–Kier alpha value is -2.55. The molecular weight excluding hydrogens is 432 g/mol. The molecule has 172 valence electrons. The molecule has 3 aliphatic rings. The van der Waals surface area contributed by atoms with Crippen LogP contribution in [0.4, 0.5) is 17.3 Å². The van der Waals surface area contributed by atoms with Crippen LogP contribution in [0, 0.1) is 5.92 Å². The highest BCUT2D eigenvalue weighted by Gasteiger charge is 2.33. The number of hydrogen-bond acceptors (Lipinski definition) is 8. The van der Waals surface area contributed by atoms with Crippen molar-refractivity contribution in [3.05, 3.63) is 41.0 Å². The number of piperazine rings is 1. The van der Waals surface area contributed by atoms with Crippen molar-refractivity contribution in [2.24, 2.45) is 5.92 Å². The molecule has 8 heteroatoms. The smallest absolute Gasteiger partial charge is 0.178 e. The zero-order valence-electron chi connectivity index (χ0n) is 18.8. The second-order valence-corrected chi connectivity index (χ2v) is 10.4. The van der Waals surface area contributed by atoms with Crippen molar-refractivity contribution >= 4 is 44.5 Å². The molecule has 3 fully saturated rings. The molecule has 1 aliphatic carbocycles. The Bertz CT molecular complexity index is 1140. The third kappa shape index (κ3) is 4.11. The molecule has 7 nitrogen and oxygen atoms in total. The maximum absolute atomic E-state index is 13.2. The predicted molar refractivity (Wildman–Crippen MR) is 134 cm³/mol. The highest BCUT2D eigenvalue weighted by molar-refractivity contribution is 7.21. The van der Waals surface area contributed by atoms with Crippen LogP contribution in [0.5, 0.6) is 0 Å². The number of ketones is 1. The Morgan fingerprint density at radius 2 is 1.82 bits per heavy atom. The minimum Gasteiger partial charge on any atom is -0.368 e. The highest BCUT2D eigenvalue weighted by Crippen LogP contribution is 2.44. The molecule has 5 heterocycles. The first-order valence-corrected chi connectivity index (χ1v) is 12.9. The van der Waals surface area contributed by atoms with Crippen LogP contribution in [0.15, 0.2) is 30.6 Å². The third-order valence-electron chi connectivity index (χ3n) is 7.24. The quantitative estimate of drug-likeness (QED) is 0.479. The summed E-state index contributed by atoms with van der Waals surface area (Å²) < 4.78 is 1.11. The summed E-state index contributed by atoms with van der Waals surface area (Å²) in [4.78, 5) is 25.8. The van der Waals surface area contributed by atoms with E-state index >= 15 is 0 Å². The third-order valence-corrected chi connectivity index (χ3v) is 8.41. The Balaban J connectivity index is 1.29. The zero-order valence-corrected chi connectivity index (χ0v) is 19.6. The molecule has 0 spiro atoms. The average molecular weight is 463 g/mol. The van der Waals surface area contributed by atoms with Gasteiger partial charge in [-0.2, -0.15) is 0 Å². The zero-order chi connectivity index (χ0) is 22.2. The fraction of sp³-hybridized carbons (Fsp3) is 0.480. The van der Waals surface area contributed by atoms with Gasteiger partial charge in [0.25, 0.3) is 0 Å². The topological polar surface area (TPSA) is 82.2 Å². The molecule has 33 heavy (non-hydrogen) atoms. The van der Waals surface area contributed by atoms with Crippen LogP contribution >= 0.6 is 11.3 Å². The summed E-state index contributed by atoms with van der Waals surface area (Å²) in [7, 11) is 0. The van der Waals surface area contributed by atoms with Crippen molar-refractivity contribution in [3.8, 4) is 0 Å². The highest BCUT2D eigenvalue weighted by atomic mass is 32.1. The van der Waals surface area contributed by atoms with E-state index in [0.717, 1.165) is 66.2 Å². The van der Waals surface area contributed by atoms with E-state index in [9.17, 15) is 4.79 Å². The number of nitrogens with one attached hydrogen (secondary N) is 3. The molecule has 3 aromatic rings. The number of aromatic nitrogens is 2. The number of fused-ring (bicyclic) bond motifs is 1. The SMILES string of the molecule is O=C(c1sc2cnc(Nc3ccc(N4CCNCC4)cn3)cc2c1C1CCCC1)C1CNC1. The van der Waals surface area contributed by atoms with Gasteiger partial charge in [-0.1, -0.05) is 12.8 Å². The summed E-state index contributed by atoms with van der Waals surface area (Å²) in [5.74, 6) is 2.50. The van der Waals surface area contributed by atoms with Gasteiger partial charge in [-0.3, -0.25) is 4.79 Å². The van der Waals surface area contributed by atoms with Crippen LogP contribution in [0.3, 0.4) is 0 Å². The van der Waals surface area contributed by atoms with Crippen LogP contribution < -0.4 is 20.9 Å².